The summed E-state index contributed by atoms with van der Waals surface area (Å²) >= 11 is -2.36. The van der Waals surface area contributed by atoms with Gasteiger partial charge in [-0.1, -0.05) is 0 Å². The van der Waals surface area contributed by atoms with Crippen molar-refractivity contribution in [2.45, 2.75) is 46.7 Å². The van der Waals surface area contributed by atoms with Gasteiger partial charge in [0.25, 0.3) is 0 Å². The van der Waals surface area contributed by atoms with Crippen LogP contribution in [0.2, 0.25) is 0 Å². The number of nitriles is 2. The molecule has 0 saturated heterocycles. The lowest BCUT2D eigenvalue weighted by Gasteiger charge is -2.19. The summed E-state index contributed by atoms with van der Waals surface area (Å²) < 4.78 is 185. The number of hydrogen-bond acceptors (Lipinski definition) is 4. The molecule has 19 heteroatoms. The molecule has 5 rings (SSSR count). The molecule has 3 aromatic carbocycles. The van der Waals surface area contributed by atoms with Crippen LogP contribution >= 0.6 is 23.5 Å². The zero-order valence-corrected chi connectivity index (χ0v) is 27.4. The third-order valence-electron chi connectivity index (χ3n) is 8.09. The van der Waals surface area contributed by atoms with Gasteiger partial charge in [0.15, 0.2) is 0 Å². The number of allylic oxidation sites excluding steroid dienone is 3. The Morgan fingerprint density at radius 2 is 1.04 bits per heavy atom. The highest BCUT2D eigenvalue weighted by Crippen LogP contribution is 2.47. The van der Waals surface area contributed by atoms with Crippen LogP contribution in [0.1, 0.15) is 18.1 Å². The third kappa shape index (κ3) is 7.07. The summed E-state index contributed by atoms with van der Waals surface area (Å²) in [7, 11) is 0. The van der Waals surface area contributed by atoms with Crippen molar-refractivity contribution in [2.24, 2.45) is 0 Å². The summed E-state index contributed by atoms with van der Waals surface area (Å²) in [5, 5.41) is 17.9. The van der Waals surface area contributed by atoms with Crippen molar-refractivity contribution in [3.8, 4) is 34.4 Å². The number of alkyl halides is 9. The zero-order chi connectivity index (χ0) is 39.5. The predicted molar refractivity (Wildman–Crippen MR) is 165 cm³/mol. The van der Waals surface area contributed by atoms with E-state index in [9.17, 15) is 36.9 Å². The van der Waals surface area contributed by atoms with E-state index < -0.39 is 142 Å². The third-order valence-corrected chi connectivity index (χ3v) is 9.74. The standard InChI is InChI=1S/C34H11F13N4S2/c1-12-16(31(50-2)51-3)8-18-24(12)25(13-4-20(35)29(21(36)5-13)52-33(42,43)44)19-9-17(15(10-48)11-49)28(32(39,40)41)27(19)26(18)14-6-22(37)30(23(38)7-14)53-34(45,46)47/h4-7H,8-9H2,1H3. The summed E-state index contributed by atoms with van der Waals surface area (Å²) in [6.07, 6.45) is -7.21. The molecule has 0 amide bonds. The van der Waals surface area contributed by atoms with Gasteiger partial charge in [-0.15, -0.1) is 0 Å². The first-order chi connectivity index (χ1) is 24.6. The number of halogens is 13. The maximum Gasteiger partial charge on any atom is 0.523 e. The van der Waals surface area contributed by atoms with Crippen molar-refractivity contribution >= 4 is 34.7 Å². The largest absolute Gasteiger partial charge is 0.523 e. The first-order valence-corrected chi connectivity index (χ1v) is 15.7. The molecule has 0 bridgehead atoms. The molecule has 0 aliphatic heterocycles. The van der Waals surface area contributed by atoms with Crippen LogP contribution < -0.4 is 10.4 Å². The Morgan fingerprint density at radius 3 is 1.40 bits per heavy atom. The molecule has 2 aliphatic rings. The highest BCUT2D eigenvalue weighted by atomic mass is 32.2. The molecule has 0 unspecified atom stereocenters. The van der Waals surface area contributed by atoms with E-state index in [4.69, 9.17) is 13.1 Å². The summed E-state index contributed by atoms with van der Waals surface area (Å²) in [5.74, 6) is -8.02. The number of thioether (sulfide) groups is 2. The predicted octanol–water partition coefficient (Wildman–Crippen LogP) is 10.2. The van der Waals surface area contributed by atoms with E-state index in [0.717, 1.165) is 0 Å². The molecule has 3 aromatic rings. The van der Waals surface area contributed by atoms with E-state index in [1.807, 2.05) is 0 Å². The molecule has 53 heavy (non-hydrogen) atoms. The number of fused-ring (bicyclic) bond motifs is 2. The molecular formula is C34H11F13N4S2. The minimum Gasteiger partial charge on any atom is -0.206 e. The van der Waals surface area contributed by atoms with Crippen molar-refractivity contribution in [1.29, 1.82) is 10.5 Å². The van der Waals surface area contributed by atoms with Crippen molar-refractivity contribution in [3.05, 3.63) is 114 Å². The molecule has 0 aromatic heterocycles. The summed E-state index contributed by atoms with van der Waals surface area (Å²) in [6.45, 7) is 16.1. The fourth-order valence-electron chi connectivity index (χ4n) is 6.34. The van der Waals surface area contributed by atoms with Gasteiger partial charge in [-0.05, 0) is 116 Å². The van der Waals surface area contributed by atoms with Gasteiger partial charge in [0.1, 0.15) is 54.1 Å². The Bertz CT molecular complexity index is 2440. The molecule has 0 heterocycles. The van der Waals surface area contributed by atoms with Gasteiger partial charge in [0.05, 0.1) is 20.9 Å². The molecule has 270 valence electrons. The Kier molecular flexibility index (Phi) is 9.94. The van der Waals surface area contributed by atoms with Crippen LogP contribution in [0.15, 0.2) is 56.6 Å². The Hall–Kier alpha value is -5.37. The van der Waals surface area contributed by atoms with Crippen LogP contribution in [0.3, 0.4) is 0 Å². The number of nitrogens with zero attached hydrogens (tertiary/aromatic N) is 4. The molecule has 0 fully saturated rings. The summed E-state index contributed by atoms with van der Waals surface area (Å²) in [6, 6.07) is 3.95. The average molecular weight is 787 g/mol. The summed E-state index contributed by atoms with van der Waals surface area (Å²) in [5.41, 5.74) is -18.2. The van der Waals surface area contributed by atoms with Gasteiger partial charge < -0.3 is 0 Å². The Labute approximate surface area is 297 Å². The molecule has 0 spiro atoms. The van der Waals surface area contributed by atoms with Crippen LogP contribution in [0.4, 0.5) is 57.1 Å². The van der Waals surface area contributed by atoms with Crippen molar-refractivity contribution in [3.63, 3.8) is 0 Å². The van der Waals surface area contributed by atoms with Crippen molar-refractivity contribution < 1.29 is 57.1 Å². The minimum atomic E-state index is -5.51. The number of rotatable bonds is 4. The van der Waals surface area contributed by atoms with E-state index >= 15 is 30.7 Å². The Balaban J connectivity index is 2.12. The lowest BCUT2D eigenvalue weighted by Crippen LogP contribution is -2.27. The number of benzene rings is 3. The van der Waals surface area contributed by atoms with E-state index in [0.29, 0.717) is 24.3 Å². The minimum absolute atomic E-state index is 0.0902. The van der Waals surface area contributed by atoms with Crippen LogP contribution in [0.25, 0.3) is 43.1 Å². The van der Waals surface area contributed by atoms with Gasteiger partial charge in [0.2, 0.25) is 0 Å². The maximum atomic E-state index is 15.3. The zero-order valence-electron chi connectivity index (χ0n) is 25.7. The highest BCUT2D eigenvalue weighted by Gasteiger charge is 2.45. The monoisotopic (exact) mass is 786 g/mol. The van der Waals surface area contributed by atoms with Gasteiger partial charge in [0, 0.05) is 6.42 Å². The lowest BCUT2D eigenvalue weighted by atomic mass is 9.86. The first kappa shape index (κ1) is 38.9. The first-order valence-electron chi connectivity index (χ1n) is 14.1. The SMILES string of the molecule is [C-]#[N+]C([N+]#[C-])=C1Cc2c(-c3cc(F)c(SC(F)(F)F)c(F)c3)c3c(c(-c4cc(F)c(SC(F)(F)F)c(F)c4)c2=C1C)CC(=C(C#N)C#N)C=3C(F)(F)F. The second-order valence-corrected chi connectivity index (χ2v) is 13.2. The average Bonchev–Trinajstić information content (AvgIpc) is 3.58. The molecule has 0 N–H and O–H groups in total. The molecule has 4 nitrogen and oxygen atoms in total. The van der Waals surface area contributed by atoms with E-state index in [2.05, 4.69) is 9.69 Å². The fraction of sp³-hybridized carbons (Fsp3) is 0.176. The van der Waals surface area contributed by atoms with Crippen molar-refractivity contribution in [1.82, 2.24) is 0 Å². The normalized spacial score (nSPS) is 14.0. The maximum absolute atomic E-state index is 15.3. The van der Waals surface area contributed by atoms with Crippen LogP contribution in [0.5, 0.6) is 0 Å². The smallest absolute Gasteiger partial charge is 0.206 e. The van der Waals surface area contributed by atoms with E-state index in [1.165, 1.54) is 19.1 Å². The highest BCUT2D eigenvalue weighted by molar-refractivity contribution is 8.00. The molecular weight excluding hydrogens is 776 g/mol. The molecule has 0 atom stereocenters. The molecule has 0 saturated carbocycles. The van der Waals surface area contributed by atoms with E-state index in [-0.39, 0.29) is 21.9 Å². The van der Waals surface area contributed by atoms with Crippen LogP contribution in [0, 0.1) is 59.1 Å². The number of hydrogen-bond donors (Lipinski definition) is 0. The van der Waals surface area contributed by atoms with Crippen molar-refractivity contribution in [2.75, 3.05) is 0 Å². The lowest BCUT2D eigenvalue weighted by molar-refractivity contribution is -0.0695. The topological polar surface area (TPSA) is 56.3 Å². The molecule has 0 radical (unpaired) electrons. The summed E-state index contributed by atoms with van der Waals surface area (Å²) in [4.78, 5) is 3.09. The van der Waals surface area contributed by atoms with Crippen LogP contribution in [-0.2, 0) is 12.8 Å². The Morgan fingerprint density at radius 1 is 0.660 bits per heavy atom. The van der Waals surface area contributed by atoms with Gasteiger partial charge in [-0.25, -0.2) is 17.6 Å². The quantitative estimate of drug-likeness (QED) is 0.114. The van der Waals surface area contributed by atoms with E-state index in [1.54, 1.807) is 0 Å². The van der Waals surface area contributed by atoms with Gasteiger partial charge in [-0.3, -0.25) is 0 Å². The second-order valence-electron chi connectivity index (χ2n) is 11.0. The second kappa shape index (κ2) is 13.6. The van der Waals surface area contributed by atoms with Gasteiger partial charge >= 0.3 is 23.0 Å². The molecule has 2 aliphatic carbocycles. The van der Waals surface area contributed by atoms with Gasteiger partial charge in [-0.2, -0.15) is 59.7 Å². The fourth-order valence-corrected chi connectivity index (χ4v) is 7.43. The van der Waals surface area contributed by atoms with Crippen LogP contribution in [-0.4, -0.2) is 17.2 Å².